The summed E-state index contributed by atoms with van der Waals surface area (Å²) in [6, 6.07) is 7.79. The number of carbonyl (C=O) groups excluding carboxylic acids is 1. The SMILES string of the molecule is Nc1ncnn2cc(CN3CCCC3)c(-c3ccc(NC(=O)Nc4cc(C(F)(F)F)ccc4F)cc3)c12. The molecule has 2 aromatic carbocycles. The average molecular weight is 513 g/mol. The van der Waals surface area contributed by atoms with Gasteiger partial charge in [-0.3, -0.25) is 4.90 Å². The van der Waals surface area contributed by atoms with E-state index in [1.54, 1.807) is 28.8 Å². The molecule has 2 amide bonds. The molecule has 8 nitrogen and oxygen atoms in total. The summed E-state index contributed by atoms with van der Waals surface area (Å²) in [7, 11) is 0. The van der Waals surface area contributed by atoms with Gasteiger partial charge in [-0.1, -0.05) is 12.1 Å². The van der Waals surface area contributed by atoms with Gasteiger partial charge >= 0.3 is 12.2 Å². The molecule has 1 saturated heterocycles. The molecule has 1 aliphatic heterocycles. The second-order valence-electron chi connectivity index (χ2n) is 8.80. The van der Waals surface area contributed by atoms with Gasteiger partial charge < -0.3 is 16.4 Å². The van der Waals surface area contributed by atoms with Crippen LogP contribution >= 0.6 is 0 Å². The minimum atomic E-state index is -4.66. The molecule has 0 aliphatic carbocycles. The van der Waals surface area contributed by atoms with Crippen molar-refractivity contribution in [2.45, 2.75) is 25.6 Å². The molecule has 0 atom stereocenters. The largest absolute Gasteiger partial charge is 0.416 e. The quantitative estimate of drug-likeness (QED) is 0.311. The van der Waals surface area contributed by atoms with Crippen molar-refractivity contribution in [1.82, 2.24) is 19.5 Å². The number of hydrogen-bond acceptors (Lipinski definition) is 5. The highest BCUT2D eigenvalue weighted by molar-refractivity contribution is 6.00. The molecular formula is C25H23F4N7O. The minimum absolute atomic E-state index is 0.336. The molecule has 192 valence electrons. The molecule has 2 aromatic heterocycles. The topological polar surface area (TPSA) is 101 Å². The Morgan fingerprint density at radius 1 is 1.05 bits per heavy atom. The first-order valence-electron chi connectivity index (χ1n) is 11.6. The van der Waals surface area contributed by atoms with Crippen LogP contribution in [0.2, 0.25) is 0 Å². The van der Waals surface area contributed by atoms with E-state index in [9.17, 15) is 22.4 Å². The van der Waals surface area contributed by atoms with E-state index < -0.39 is 29.3 Å². The fraction of sp³-hybridized carbons (Fsp3) is 0.240. The number of urea groups is 1. The zero-order chi connectivity index (χ0) is 26.2. The predicted octanol–water partition coefficient (Wildman–Crippen LogP) is 5.38. The fourth-order valence-corrected chi connectivity index (χ4v) is 4.51. The van der Waals surface area contributed by atoms with Gasteiger partial charge in [0.2, 0.25) is 0 Å². The van der Waals surface area contributed by atoms with Crippen LogP contribution in [0.5, 0.6) is 0 Å². The number of halogens is 4. The van der Waals surface area contributed by atoms with Crippen molar-refractivity contribution in [3.05, 3.63) is 71.9 Å². The molecule has 0 saturated carbocycles. The normalized spacial score (nSPS) is 14.3. The van der Waals surface area contributed by atoms with Crippen LogP contribution in [0, 0.1) is 5.82 Å². The summed E-state index contributed by atoms with van der Waals surface area (Å²) in [5.74, 6) is -0.646. The number of nitrogens with two attached hydrogens (primary N) is 1. The second-order valence-corrected chi connectivity index (χ2v) is 8.80. The Morgan fingerprint density at radius 2 is 1.78 bits per heavy atom. The molecule has 0 radical (unpaired) electrons. The summed E-state index contributed by atoms with van der Waals surface area (Å²) in [4.78, 5) is 18.8. The van der Waals surface area contributed by atoms with Crippen LogP contribution in [0.3, 0.4) is 0 Å². The maximum atomic E-state index is 14.0. The summed E-state index contributed by atoms with van der Waals surface area (Å²) >= 11 is 0. The van der Waals surface area contributed by atoms with Crippen LogP contribution in [-0.4, -0.2) is 38.6 Å². The average Bonchev–Trinajstić information content (AvgIpc) is 3.49. The smallest absolute Gasteiger partial charge is 0.382 e. The highest BCUT2D eigenvalue weighted by Crippen LogP contribution is 2.35. The van der Waals surface area contributed by atoms with E-state index >= 15 is 0 Å². The number of anilines is 3. The number of rotatable bonds is 5. The van der Waals surface area contributed by atoms with Gasteiger partial charge in [0.1, 0.15) is 17.7 Å². The Labute approximate surface area is 209 Å². The number of alkyl halides is 3. The molecule has 0 spiro atoms. The molecule has 4 aromatic rings. The second kappa shape index (κ2) is 9.69. The van der Waals surface area contributed by atoms with Crippen LogP contribution < -0.4 is 16.4 Å². The van der Waals surface area contributed by atoms with E-state index in [4.69, 9.17) is 5.73 Å². The van der Waals surface area contributed by atoms with E-state index in [1.807, 2.05) is 6.20 Å². The molecule has 37 heavy (non-hydrogen) atoms. The van der Waals surface area contributed by atoms with Gasteiger partial charge in [-0.15, -0.1) is 0 Å². The van der Waals surface area contributed by atoms with Crippen molar-refractivity contribution < 1.29 is 22.4 Å². The number of fused-ring (bicyclic) bond motifs is 1. The molecular weight excluding hydrogens is 490 g/mol. The van der Waals surface area contributed by atoms with Crippen molar-refractivity contribution >= 4 is 28.7 Å². The Hall–Kier alpha value is -4.19. The zero-order valence-corrected chi connectivity index (χ0v) is 19.5. The van der Waals surface area contributed by atoms with Gasteiger partial charge in [0, 0.05) is 24.0 Å². The first-order valence-corrected chi connectivity index (χ1v) is 11.6. The van der Waals surface area contributed by atoms with Gasteiger partial charge in [0.15, 0.2) is 5.82 Å². The fourth-order valence-electron chi connectivity index (χ4n) is 4.51. The van der Waals surface area contributed by atoms with Crippen molar-refractivity contribution in [2.24, 2.45) is 0 Å². The first kappa shape index (κ1) is 24.5. The van der Waals surface area contributed by atoms with E-state index in [0.29, 0.717) is 35.2 Å². The Balaban J connectivity index is 1.37. The maximum Gasteiger partial charge on any atom is 0.416 e. The lowest BCUT2D eigenvalue weighted by atomic mass is 10.0. The van der Waals surface area contributed by atoms with Crippen molar-refractivity contribution in [1.29, 1.82) is 0 Å². The Morgan fingerprint density at radius 3 is 2.49 bits per heavy atom. The minimum Gasteiger partial charge on any atom is -0.382 e. The summed E-state index contributed by atoms with van der Waals surface area (Å²) < 4.78 is 54.5. The summed E-state index contributed by atoms with van der Waals surface area (Å²) in [5, 5.41) is 8.93. The summed E-state index contributed by atoms with van der Waals surface area (Å²) in [5.41, 5.74) is 8.32. The highest BCUT2D eigenvalue weighted by atomic mass is 19.4. The van der Waals surface area contributed by atoms with Crippen LogP contribution in [0.1, 0.15) is 24.0 Å². The molecule has 5 rings (SSSR count). The lowest BCUT2D eigenvalue weighted by Gasteiger charge is -2.15. The molecule has 1 fully saturated rings. The van der Waals surface area contributed by atoms with Crippen LogP contribution in [0.15, 0.2) is 55.0 Å². The molecule has 1 aliphatic rings. The number of amides is 2. The zero-order valence-electron chi connectivity index (χ0n) is 19.5. The lowest BCUT2D eigenvalue weighted by Crippen LogP contribution is -2.20. The van der Waals surface area contributed by atoms with E-state index in [2.05, 4.69) is 25.6 Å². The highest BCUT2D eigenvalue weighted by Gasteiger charge is 2.31. The van der Waals surface area contributed by atoms with E-state index in [0.717, 1.165) is 49.2 Å². The lowest BCUT2D eigenvalue weighted by molar-refractivity contribution is -0.137. The molecule has 0 bridgehead atoms. The Bertz CT molecular complexity index is 1440. The number of aromatic nitrogens is 3. The number of nitrogens with one attached hydrogen (secondary N) is 2. The Kier molecular flexibility index (Phi) is 6.42. The van der Waals surface area contributed by atoms with Crippen molar-refractivity contribution in [3.8, 4) is 11.1 Å². The number of nitrogens with zero attached hydrogens (tertiary/aromatic N) is 4. The number of likely N-dealkylation sites (tertiary alicyclic amines) is 1. The molecule has 3 heterocycles. The monoisotopic (exact) mass is 513 g/mol. The standard InChI is InChI=1S/C25H23F4N7O/c26-19-8-5-17(25(27,28)29)11-20(19)34-24(37)33-18-6-3-15(4-7-18)21-16(12-35-9-1-2-10-35)13-36-22(21)23(30)31-14-32-36/h3-8,11,13-14H,1-2,9-10,12H2,(H2,30,31,32)(H2,33,34,37). The van der Waals surface area contributed by atoms with Crippen molar-refractivity contribution in [3.63, 3.8) is 0 Å². The van der Waals surface area contributed by atoms with Crippen molar-refractivity contribution in [2.75, 3.05) is 29.5 Å². The molecule has 4 N–H and O–H groups in total. The van der Waals surface area contributed by atoms with Gasteiger partial charge in [-0.25, -0.2) is 18.7 Å². The van der Waals surface area contributed by atoms with E-state index in [1.165, 1.54) is 6.33 Å². The number of benzene rings is 2. The van der Waals surface area contributed by atoms with Gasteiger partial charge in [-0.05, 0) is 67.4 Å². The third-order valence-corrected chi connectivity index (χ3v) is 6.25. The third-order valence-electron chi connectivity index (χ3n) is 6.25. The van der Waals surface area contributed by atoms with Crippen LogP contribution in [0.4, 0.5) is 39.5 Å². The first-order chi connectivity index (χ1) is 17.7. The van der Waals surface area contributed by atoms with Crippen LogP contribution in [0.25, 0.3) is 16.6 Å². The maximum absolute atomic E-state index is 14.0. The van der Waals surface area contributed by atoms with Crippen LogP contribution in [-0.2, 0) is 12.7 Å². The third kappa shape index (κ3) is 5.19. The summed E-state index contributed by atoms with van der Waals surface area (Å²) in [6.45, 7) is 2.75. The van der Waals surface area contributed by atoms with Gasteiger partial charge in [-0.2, -0.15) is 18.3 Å². The summed E-state index contributed by atoms with van der Waals surface area (Å²) in [6.07, 6.45) is 0.964. The van der Waals surface area contributed by atoms with Gasteiger partial charge in [0.05, 0.1) is 11.3 Å². The number of hydrogen-bond donors (Lipinski definition) is 3. The number of nitrogen functional groups attached to an aromatic ring is 1. The number of carbonyl (C=O) groups is 1. The molecule has 12 heteroatoms. The molecule has 0 unspecified atom stereocenters. The predicted molar refractivity (Wildman–Crippen MR) is 131 cm³/mol. The van der Waals surface area contributed by atoms with Gasteiger partial charge in [0.25, 0.3) is 0 Å². The van der Waals surface area contributed by atoms with E-state index in [-0.39, 0.29) is 0 Å².